The number of aryl methyl sites for hydroxylation is 1. The van der Waals surface area contributed by atoms with E-state index >= 15 is 0 Å². The monoisotopic (exact) mass is 310 g/mol. The molecule has 1 aliphatic rings. The Morgan fingerprint density at radius 1 is 1.33 bits per heavy atom. The summed E-state index contributed by atoms with van der Waals surface area (Å²) in [6.07, 6.45) is 1.94. The smallest absolute Gasteiger partial charge is 0.408 e. The van der Waals surface area contributed by atoms with Crippen LogP contribution in [0.5, 0.6) is 0 Å². The van der Waals surface area contributed by atoms with Gasteiger partial charge in [0, 0.05) is 20.1 Å². The van der Waals surface area contributed by atoms with Crippen LogP contribution in [0.4, 0.5) is 0 Å². The number of hydrogen-bond acceptors (Lipinski definition) is 4. The molecule has 1 aliphatic heterocycles. The van der Waals surface area contributed by atoms with Gasteiger partial charge in [0.25, 0.3) is 0 Å². The van der Waals surface area contributed by atoms with Gasteiger partial charge in [0.15, 0.2) is 5.58 Å². The molecule has 2 heterocycles. The quantitative estimate of drug-likeness (QED) is 0.843. The molecule has 114 valence electrons. The van der Waals surface area contributed by atoms with Crippen molar-refractivity contribution in [1.82, 2.24) is 8.87 Å². The average Bonchev–Trinajstić information content (AvgIpc) is 2.74. The minimum absolute atomic E-state index is 0.209. The van der Waals surface area contributed by atoms with E-state index in [0.29, 0.717) is 30.1 Å². The van der Waals surface area contributed by atoms with Crippen LogP contribution in [-0.2, 0) is 17.1 Å². The molecule has 7 heteroatoms. The zero-order valence-electron chi connectivity index (χ0n) is 12.1. The lowest BCUT2D eigenvalue weighted by molar-refractivity contribution is 0.281. The van der Waals surface area contributed by atoms with Crippen LogP contribution < -0.4 is 5.76 Å². The van der Waals surface area contributed by atoms with Crippen LogP contribution in [0.3, 0.4) is 0 Å². The number of hydrogen-bond donors (Lipinski definition) is 0. The number of aromatic nitrogens is 1. The van der Waals surface area contributed by atoms with Crippen molar-refractivity contribution in [3.8, 4) is 0 Å². The predicted octanol–water partition coefficient (Wildman–Crippen LogP) is 1.55. The van der Waals surface area contributed by atoms with Crippen molar-refractivity contribution in [3.63, 3.8) is 0 Å². The highest BCUT2D eigenvalue weighted by molar-refractivity contribution is 7.89. The van der Waals surface area contributed by atoms with Gasteiger partial charge in [-0.15, -0.1) is 0 Å². The minimum atomic E-state index is -3.52. The molecule has 0 radical (unpaired) electrons. The Hall–Kier alpha value is -1.60. The zero-order chi connectivity index (χ0) is 15.2. The topological polar surface area (TPSA) is 72.5 Å². The number of rotatable bonds is 2. The van der Waals surface area contributed by atoms with E-state index in [-0.39, 0.29) is 4.90 Å². The van der Waals surface area contributed by atoms with Gasteiger partial charge in [0.1, 0.15) is 0 Å². The van der Waals surface area contributed by atoms with Gasteiger partial charge in [-0.3, -0.25) is 4.57 Å². The van der Waals surface area contributed by atoms with Crippen LogP contribution in [0.25, 0.3) is 11.1 Å². The first kappa shape index (κ1) is 14.3. The summed E-state index contributed by atoms with van der Waals surface area (Å²) >= 11 is 0. The van der Waals surface area contributed by atoms with Gasteiger partial charge < -0.3 is 4.42 Å². The Labute approximate surface area is 123 Å². The van der Waals surface area contributed by atoms with Gasteiger partial charge in [0.2, 0.25) is 10.0 Å². The van der Waals surface area contributed by atoms with E-state index in [1.807, 2.05) is 0 Å². The van der Waals surface area contributed by atoms with E-state index in [1.165, 1.54) is 27.1 Å². The Kier molecular flexibility index (Phi) is 3.41. The molecule has 2 aromatic rings. The van der Waals surface area contributed by atoms with E-state index in [9.17, 15) is 13.2 Å². The standard InChI is InChI=1S/C14H18N2O4S/c1-10-4-3-7-16(9-10)21(18,19)11-5-6-13-12(8-11)15(2)14(17)20-13/h5-6,8,10H,3-4,7,9H2,1-2H3. The lowest BCUT2D eigenvalue weighted by Crippen LogP contribution is -2.39. The molecule has 1 unspecified atom stereocenters. The first-order valence-corrected chi connectivity index (χ1v) is 8.43. The van der Waals surface area contributed by atoms with E-state index in [4.69, 9.17) is 4.42 Å². The van der Waals surface area contributed by atoms with Gasteiger partial charge in [-0.25, -0.2) is 13.2 Å². The summed E-state index contributed by atoms with van der Waals surface area (Å²) in [5.41, 5.74) is 0.889. The number of fused-ring (bicyclic) bond motifs is 1. The molecule has 3 rings (SSSR count). The van der Waals surface area contributed by atoms with Crippen LogP contribution in [0.1, 0.15) is 19.8 Å². The van der Waals surface area contributed by atoms with E-state index in [1.54, 1.807) is 7.05 Å². The summed E-state index contributed by atoms with van der Waals surface area (Å²) in [7, 11) is -1.95. The number of benzene rings is 1. The van der Waals surface area contributed by atoms with E-state index in [2.05, 4.69) is 6.92 Å². The zero-order valence-corrected chi connectivity index (χ0v) is 12.9. The minimum Gasteiger partial charge on any atom is -0.408 e. The molecule has 1 atom stereocenters. The Morgan fingerprint density at radius 2 is 2.10 bits per heavy atom. The third-order valence-corrected chi connectivity index (χ3v) is 5.88. The molecule has 0 spiro atoms. The van der Waals surface area contributed by atoms with Crippen molar-refractivity contribution in [2.75, 3.05) is 13.1 Å². The Morgan fingerprint density at radius 3 is 2.81 bits per heavy atom. The predicted molar refractivity (Wildman–Crippen MR) is 78.6 cm³/mol. The second-order valence-corrected chi connectivity index (χ2v) is 7.60. The first-order chi connectivity index (χ1) is 9.89. The van der Waals surface area contributed by atoms with Gasteiger partial charge in [-0.2, -0.15) is 4.31 Å². The van der Waals surface area contributed by atoms with Crippen molar-refractivity contribution < 1.29 is 12.8 Å². The number of piperidine rings is 1. The highest BCUT2D eigenvalue weighted by Gasteiger charge is 2.29. The van der Waals surface area contributed by atoms with Gasteiger partial charge in [0.05, 0.1) is 10.4 Å². The maximum atomic E-state index is 12.7. The van der Waals surface area contributed by atoms with E-state index < -0.39 is 15.8 Å². The highest BCUT2D eigenvalue weighted by atomic mass is 32.2. The Bertz CT molecular complexity index is 834. The molecule has 1 aromatic carbocycles. The molecule has 0 bridgehead atoms. The molecular weight excluding hydrogens is 292 g/mol. The number of oxazole rings is 1. The van der Waals surface area contributed by atoms with Gasteiger partial charge in [-0.05, 0) is 37.0 Å². The summed E-state index contributed by atoms with van der Waals surface area (Å²) in [4.78, 5) is 11.7. The van der Waals surface area contributed by atoms with Gasteiger partial charge in [-0.1, -0.05) is 6.92 Å². The summed E-state index contributed by atoms with van der Waals surface area (Å²) in [5, 5.41) is 0. The van der Waals surface area contributed by atoms with E-state index in [0.717, 1.165) is 12.8 Å². The third-order valence-electron chi connectivity index (χ3n) is 4.02. The molecule has 0 amide bonds. The summed E-state index contributed by atoms with van der Waals surface area (Å²) in [6.45, 7) is 3.16. The maximum Gasteiger partial charge on any atom is 0.419 e. The fraction of sp³-hybridized carbons (Fsp3) is 0.500. The third kappa shape index (κ3) is 2.40. The van der Waals surface area contributed by atoms with Crippen LogP contribution >= 0.6 is 0 Å². The fourth-order valence-corrected chi connectivity index (χ4v) is 4.40. The molecule has 0 aliphatic carbocycles. The van der Waals surface area contributed by atoms with Crippen molar-refractivity contribution in [1.29, 1.82) is 0 Å². The summed E-state index contributed by atoms with van der Waals surface area (Å²) < 4.78 is 33.3. The summed E-state index contributed by atoms with van der Waals surface area (Å²) in [6, 6.07) is 4.55. The summed E-state index contributed by atoms with van der Waals surface area (Å²) in [5.74, 6) is -0.123. The van der Waals surface area contributed by atoms with Crippen LogP contribution in [0.2, 0.25) is 0 Å². The number of nitrogens with zero attached hydrogens (tertiary/aromatic N) is 2. The van der Waals surface area contributed by atoms with Crippen molar-refractivity contribution in [3.05, 3.63) is 28.7 Å². The maximum absolute atomic E-state index is 12.7. The van der Waals surface area contributed by atoms with Crippen molar-refractivity contribution in [2.24, 2.45) is 13.0 Å². The first-order valence-electron chi connectivity index (χ1n) is 6.99. The second kappa shape index (κ2) is 4.99. The van der Waals surface area contributed by atoms with Crippen molar-refractivity contribution >= 4 is 21.1 Å². The molecular formula is C14H18N2O4S. The van der Waals surface area contributed by atoms with Gasteiger partial charge >= 0.3 is 5.76 Å². The molecule has 0 N–H and O–H groups in total. The molecule has 6 nitrogen and oxygen atoms in total. The second-order valence-electron chi connectivity index (χ2n) is 5.67. The normalized spacial score (nSPS) is 21.0. The SMILES string of the molecule is CC1CCCN(S(=O)(=O)c2ccc3oc(=O)n(C)c3c2)C1. The largest absolute Gasteiger partial charge is 0.419 e. The van der Waals surface area contributed by atoms with Crippen LogP contribution in [-0.4, -0.2) is 30.4 Å². The lowest BCUT2D eigenvalue weighted by atomic mass is 10.0. The highest BCUT2D eigenvalue weighted by Crippen LogP contribution is 2.25. The molecule has 1 fully saturated rings. The number of sulfonamides is 1. The van der Waals surface area contributed by atoms with Crippen LogP contribution in [0.15, 0.2) is 32.3 Å². The molecule has 21 heavy (non-hydrogen) atoms. The average molecular weight is 310 g/mol. The fourth-order valence-electron chi connectivity index (χ4n) is 2.78. The molecule has 1 saturated heterocycles. The molecule has 1 aromatic heterocycles. The Balaban J connectivity index is 2.06. The van der Waals surface area contributed by atoms with Crippen molar-refractivity contribution in [2.45, 2.75) is 24.7 Å². The van der Waals surface area contributed by atoms with Crippen LogP contribution in [0, 0.1) is 5.92 Å². The lowest BCUT2D eigenvalue weighted by Gasteiger charge is -2.30. The molecule has 0 saturated carbocycles.